The molecule has 1 aromatic rings. The number of hydrogen-bond donors (Lipinski definition) is 1. The van der Waals surface area contributed by atoms with Crippen molar-refractivity contribution in [2.24, 2.45) is 0 Å². The molecule has 2 atom stereocenters. The number of piperidine rings is 1. The normalized spacial score (nSPS) is 21.0. The third-order valence-corrected chi connectivity index (χ3v) is 4.33. The number of pyridine rings is 1. The van der Waals surface area contributed by atoms with Crippen molar-refractivity contribution in [1.29, 1.82) is 0 Å². The highest BCUT2D eigenvalue weighted by atomic mass is 16.6. The Kier molecular flexibility index (Phi) is 5.46. The van der Waals surface area contributed by atoms with Gasteiger partial charge in [0.25, 0.3) is 0 Å². The van der Waals surface area contributed by atoms with Crippen molar-refractivity contribution in [3.63, 3.8) is 0 Å². The summed E-state index contributed by atoms with van der Waals surface area (Å²) in [5, 5.41) is 21.0. The average molecular weight is 352 g/mol. The Labute approximate surface area is 146 Å². The van der Waals surface area contributed by atoms with Crippen molar-refractivity contribution in [2.75, 3.05) is 25.1 Å². The van der Waals surface area contributed by atoms with E-state index in [1.165, 1.54) is 17.3 Å². The summed E-state index contributed by atoms with van der Waals surface area (Å²) in [6, 6.07) is 1.24. The molecule has 0 spiro atoms. The molecule has 9 heteroatoms. The van der Waals surface area contributed by atoms with Crippen LogP contribution < -0.4 is 4.90 Å². The monoisotopic (exact) mass is 352 g/mol. The largest absolute Gasteiger partial charge is 0.465 e. The zero-order valence-corrected chi connectivity index (χ0v) is 14.9. The minimum absolute atomic E-state index is 0.101. The molecule has 0 saturated carbocycles. The third kappa shape index (κ3) is 4.16. The number of carbonyl (C=O) groups is 1. The molecule has 0 aromatic carbocycles. The lowest BCUT2D eigenvalue weighted by molar-refractivity contribution is -0.384. The van der Waals surface area contributed by atoms with Gasteiger partial charge in [-0.1, -0.05) is 0 Å². The van der Waals surface area contributed by atoms with Crippen LogP contribution in [0.3, 0.4) is 0 Å². The van der Waals surface area contributed by atoms with Gasteiger partial charge in [-0.25, -0.2) is 4.79 Å². The second-order valence-electron chi connectivity index (χ2n) is 7.10. The minimum atomic E-state index is -1.02. The van der Waals surface area contributed by atoms with E-state index in [1.807, 2.05) is 25.7 Å². The molecule has 0 radical (unpaired) electrons. The van der Waals surface area contributed by atoms with Gasteiger partial charge in [-0.3, -0.25) is 20.0 Å². The lowest BCUT2D eigenvalue weighted by atomic mass is 9.95. The predicted molar refractivity (Wildman–Crippen MR) is 91.9 cm³/mol. The van der Waals surface area contributed by atoms with Crippen LogP contribution in [0.25, 0.3) is 0 Å². The summed E-state index contributed by atoms with van der Waals surface area (Å²) < 4.78 is 5.47. The van der Waals surface area contributed by atoms with E-state index in [1.54, 1.807) is 13.2 Å². The summed E-state index contributed by atoms with van der Waals surface area (Å²) in [5.74, 6) is 0. The molecule has 2 heterocycles. The Morgan fingerprint density at radius 2 is 2.16 bits per heavy atom. The maximum absolute atomic E-state index is 11.8. The standard InChI is InChI=1S/C16H24N4O5/c1-16(2,3)19(15(21)22)11-7-12(25-4)10-18(9-11)13-5-6-17-8-14(13)20(23)24/h5-6,8,11-12H,7,9-10H2,1-4H3,(H,21,22)/t11-,12+/m0/s1. The predicted octanol–water partition coefficient (Wildman–Crippen LogP) is 2.36. The molecular weight excluding hydrogens is 328 g/mol. The molecule has 1 fully saturated rings. The zero-order chi connectivity index (χ0) is 18.8. The van der Waals surface area contributed by atoms with Gasteiger partial charge in [0.2, 0.25) is 0 Å². The van der Waals surface area contributed by atoms with E-state index in [-0.39, 0.29) is 17.8 Å². The van der Waals surface area contributed by atoms with E-state index >= 15 is 0 Å². The molecule has 0 unspecified atom stereocenters. The highest BCUT2D eigenvalue weighted by Gasteiger charge is 2.39. The number of rotatable bonds is 4. The molecule has 0 bridgehead atoms. The fourth-order valence-corrected chi connectivity index (χ4v) is 3.36. The maximum atomic E-state index is 11.8. The fourth-order valence-electron chi connectivity index (χ4n) is 3.36. The van der Waals surface area contributed by atoms with Gasteiger partial charge in [-0.15, -0.1) is 0 Å². The van der Waals surface area contributed by atoms with Crippen LogP contribution in [0.4, 0.5) is 16.2 Å². The quantitative estimate of drug-likeness (QED) is 0.654. The topological polar surface area (TPSA) is 109 Å². The Balaban J connectivity index is 2.38. The van der Waals surface area contributed by atoms with Gasteiger partial charge in [-0.05, 0) is 33.3 Å². The molecule has 1 saturated heterocycles. The van der Waals surface area contributed by atoms with E-state index in [0.717, 1.165) is 0 Å². The van der Waals surface area contributed by atoms with Crippen molar-refractivity contribution in [3.8, 4) is 0 Å². The van der Waals surface area contributed by atoms with Crippen molar-refractivity contribution in [2.45, 2.75) is 44.9 Å². The van der Waals surface area contributed by atoms with Crippen LogP contribution in [0.1, 0.15) is 27.2 Å². The van der Waals surface area contributed by atoms with Gasteiger partial charge >= 0.3 is 11.8 Å². The van der Waals surface area contributed by atoms with Gasteiger partial charge < -0.3 is 14.7 Å². The summed E-state index contributed by atoms with van der Waals surface area (Å²) >= 11 is 0. The summed E-state index contributed by atoms with van der Waals surface area (Å²) in [6.45, 7) is 6.30. The molecule has 25 heavy (non-hydrogen) atoms. The van der Waals surface area contributed by atoms with Crippen LogP contribution in [-0.2, 0) is 4.74 Å². The number of anilines is 1. The lowest BCUT2D eigenvalue weighted by Crippen LogP contribution is -2.59. The van der Waals surface area contributed by atoms with E-state index in [0.29, 0.717) is 25.2 Å². The van der Waals surface area contributed by atoms with Crippen molar-refractivity contribution in [3.05, 3.63) is 28.6 Å². The number of amides is 1. The van der Waals surface area contributed by atoms with Crippen LogP contribution in [0.2, 0.25) is 0 Å². The number of carboxylic acid groups (broad SMARTS) is 1. The Morgan fingerprint density at radius 3 is 2.68 bits per heavy atom. The zero-order valence-electron chi connectivity index (χ0n) is 14.9. The van der Waals surface area contributed by atoms with Crippen molar-refractivity contribution < 1.29 is 19.6 Å². The lowest BCUT2D eigenvalue weighted by Gasteiger charge is -2.46. The Hall–Kier alpha value is -2.42. The van der Waals surface area contributed by atoms with Gasteiger partial charge in [-0.2, -0.15) is 0 Å². The van der Waals surface area contributed by atoms with Crippen molar-refractivity contribution >= 4 is 17.5 Å². The van der Waals surface area contributed by atoms with Gasteiger partial charge in [0.1, 0.15) is 11.9 Å². The van der Waals surface area contributed by atoms with Gasteiger partial charge in [0.05, 0.1) is 17.1 Å². The average Bonchev–Trinajstić information content (AvgIpc) is 2.52. The molecule has 1 aliphatic rings. The second-order valence-corrected chi connectivity index (χ2v) is 7.10. The molecule has 1 aliphatic heterocycles. The first-order valence-electron chi connectivity index (χ1n) is 8.03. The molecule has 9 nitrogen and oxygen atoms in total. The highest BCUT2D eigenvalue weighted by molar-refractivity contribution is 5.67. The van der Waals surface area contributed by atoms with Gasteiger partial charge in [0, 0.05) is 31.9 Å². The number of nitro groups is 1. The molecule has 0 aliphatic carbocycles. The first-order chi connectivity index (χ1) is 11.6. The number of methoxy groups -OCH3 is 1. The number of hydrogen-bond acceptors (Lipinski definition) is 6. The number of ether oxygens (including phenoxy) is 1. The third-order valence-electron chi connectivity index (χ3n) is 4.33. The molecular formula is C16H24N4O5. The minimum Gasteiger partial charge on any atom is -0.465 e. The van der Waals surface area contributed by atoms with Crippen LogP contribution in [0.5, 0.6) is 0 Å². The van der Waals surface area contributed by atoms with E-state index in [4.69, 9.17) is 4.74 Å². The molecule has 1 aromatic heterocycles. The Morgan fingerprint density at radius 1 is 1.48 bits per heavy atom. The number of aromatic nitrogens is 1. The first kappa shape index (κ1) is 18.9. The summed E-state index contributed by atoms with van der Waals surface area (Å²) in [4.78, 5) is 29.7. The molecule has 1 N–H and O–H groups in total. The Bertz CT molecular complexity index is 646. The molecule has 1 amide bonds. The van der Waals surface area contributed by atoms with E-state index in [2.05, 4.69) is 4.98 Å². The van der Waals surface area contributed by atoms with Gasteiger partial charge in [0.15, 0.2) is 0 Å². The van der Waals surface area contributed by atoms with Crippen LogP contribution in [0.15, 0.2) is 18.5 Å². The highest BCUT2D eigenvalue weighted by Crippen LogP contribution is 2.32. The first-order valence-corrected chi connectivity index (χ1v) is 8.03. The maximum Gasteiger partial charge on any atom is 0.408 e. The summed E-state index contributed by atoms with van der Waals surface area (Å²) in [5.41, 5.74) is -0.274. The van der Waals surface area contributed by atoms with Crippen LogP contribution in [0, 0.1) is 10.1 Å². The molecule has 2 rings (SSSR count). The second kappa shape index (κ2) is 7.22. The van der Waals surface area contributed by atoms with Crippen molar-refractivity contribution in [1.82, 2.24) is 9.88 Å². The summed E-state index contributed by atoms with van der Waals surface area (Å²) in [6.07, 6.45) is 2.00. The van der Waals surface area contributed by atoms with E-state index in [9.17, 15) is 20.0 Å². The smallest absolute Gasteiger partial charge is 0.408 e. The van der Waals surface area contributed by atoms with Crippen LogP contribution >= 0.6 is 0 Å². The summed E-state index contributed by atoms with van der Waals surface area (Å²) in [7, 11) is 1.56. The number of nitrogens with zero attached hydrogens (tertiary/aromatic N) is 4. The van der Waals surface area contributed by atoms with Crippen LogP contribution in [-0.4, -0.2) is 63.9 Å². The SMILES string of the molecule is CO[C@@H]1C[C@H](N(C(=O)O)C(C)(C)C)CN(c2ccncc2[N+](=O)[O-])C1. The fraction of sp³-hybridized carbons (Fsp3) is 0.625. The molecule has 138 valence electrons. The van der Waals surface area contributed by atoms with E-state index < -0.39 is 16.6 Å².